The molecule has 2 heteroatoms. The van der Waals surface area contributed by atoms with Gasteiger partial charge in [-0.15, -0.1) is 0 Å². The van der Waals surface area contributed by atoms with Gasteiger partial charge in [-0.3, -0.25) is 9.79 Å². The average Bonchev–Trinajstić information content (AvgIpc) is 1.97. The molecule has 0 atom stereocenters. The lowest BCUT2D eigenvalue weighted by atomic mass is 10.2. The van der Waals surface area contributed by atoms with Crippen molar-refractivity contribution >= 4 is 11.5 Å². The van der Waals surface area contributed by atoms with Crippen LogP contribution in [0.25, 0.3) is 0 Å². The summed E-state index contributed by atoms with van der Waals surface area (Å²) in [5.41, 5.74) is 0.389. The summed E-state index contributed by atoms with van der Waals surface area (Å²) < 4.78 is 0. The highest BCUT2D eigenvalue weighted by atomic mass is 16.1. The third kappa shape index (κ3) is 4.03. The second kappa shape index (κ2) is 5.35. The second-order valence-electron chi connectivity index (χ2n) is 1.85. The number of rotatable bonds is 4. The van der Waals surface area contributed by atoms with Crippen LogP contribution in [0.4, 0.5) is 0 Å². The summed E-state index contributed by atoms with van der Waals surface area (Å²) in [5, 5.41) is 0. The van der Waals surface area contributed by atoms with Gasteiger partial charge in [0.25, 0.3) is 0 Å². The van der Waals surface area contributed by atoms with E-state index in [0.717, 1.165) is 0 Å². The fourth-order valence-electron chi connectivity index (χ4n) is 0.509. The van der Waals surface area contributed by atoms with Crippen molar-refractivity contribution < 1.29 is 4.79 Å². The Morgan fingerprint density at radius 2 is 2.09 bits per heavy atom. The predicted octanol–water partition coefficient (Wildman–Crippen LogP) is 1.90. The predicted molar refractivity (Wildman–Crippen MR) is 47.7 cm³/mol. The van der Waals surface area contributed by atoms with Gasteiger partial charge < -0.3 is 0 Å². The van der Waals surface area contributed by atoms with E-state index >= 15 is 0 Å². The van der Waals surface area contributed by atoms with E-state index in [1.54, 1.807) is 18.2 Å². The molecule has 0 fully saturated rings. The van der Waals surface area contributed by atoms with Crippen LogP contribution in [-0.2, 0) is 4.79 Å². The van der Waals surface area contributed by atoms with E-state index in [-0.39, 0.29) is 5.78 Å². The van der Waals surface area contributed by atoms with Crippen LogP contribution in [0.2, 0.25) is 0 Å². The molecule has 0 aromatic heterocycles. The zero-order valence-electron chi connectivity index (χ0n) is 6.58. The first-order chi connectivity index (χ1) is 5.22. The summed E-state index contributed by atoms with van der Waals surface area (Å²) in [7, 11) is 0. The van der Waals surface area contributed by atoms with E-state index in [2.05, 4.69) is 18.2 Å². The minimum atomic E-state index is -0.0806. The Labute approximate surface area is 66.6 Å². The summed E-state index contributed by atoms with van der Waals surface area (Å²) in [5.74, 6) is -0.0806. The van der Waals surface area contributed by atoms with Crippen molar-refractivity contribution in [1.82, 2.24) is 0 Å². The number of nitrogens with zero attached hydrogens (tertiary/aromatic N) is 1. The highest BCUT2D eigenvalue weighted by Gasteiger charge is 1.97. The maximum atomic E-state index is 10.8. The van der Waals surface area contributed by atoms with E-state index in [0.29, 0.717) is 5.71 Å². The second-order valence-corrected chi connectivity index (χ2v) is 1.85. The molecule has 0 spiro atoms. The number of aliphatic imine (C=N–C) groups is 1. The van der Waals surface area contributed by atoms with Crippen LogP contribution in [-0.4, -0.2) is 11.5 Å². The molecule has 0 radical (unpaired) electrons. The fourth-order valence-corrected chi connectivity index (χ4v) is 0.509. The number of Topliss-reactive ketones (excluding diaryl/α,β-unsaturated/α-hetero) is 1. The largest absolute Gasteiger partial charge is 0.293 e. The third-order valence-corrected chi connectivity index (χ3v) is 0.981. The Bertz CT molecular complexity index is 224. The maximum absolute atomic E-state index is 10.8. The molecule has 0 aromatic carbocycles. The van der Waals surface area contributed by atoms with Crippen molar-refractivity contribution in [2.24, 2.45) is 4.99 Å². The first-order valence-electron chi connectivity index (χ1n) is 3.21. The molecular weight excluding hydrogens is 138 g/mol. The standard InChI is InChI=1S/C9H11NO/c1-4-6-7-9(8(3)11)10-5-2/h4-7H,1-2H2,3H3/b7-6-,10-9?. The van der Waals surface area contributed by atoms with Crippen LogP contribution in [0, 0.1) is 0 Å². The normalized spacial score (nSPS) is 11.5. The van der Waals surface area contributed by atoms with Crippen molar-refractivity contribution in [1.29, 1.82) is 0 Å². The van der Waals surface area contributed by atoms with Gasteiger partial charge in [-0.05, 0) is 6.08 Å². The lowest BCUT2D eigenvalue weighted by Gasteiger charge is -1.89. The minimum Gasteiger partial charge on any atom is -0.293 e. The summed E-state index contributed by atoms with van der Waals surface area (Å²) >= 11 is 0. The van der Waals surface area contributed by atoms with Gasteiger partial charge in [0.05, 0.1) is 0 Å². The fraction of sp³-hybridized carbons (Fsp3) is 0.111. The van der Waals surface area contributed by atoms with Crippen molar-refractivity contribution in [3.05, 3.63) is 37.6 Å². The van der Waals surface area contributed by atoms with Crippen molar-refractivity contribution in [2.45, 2.75) is 6.92 Å². The Morgan fingerprint density at radius 1 is 1.45 bits per heavy atom. The number of carbonyl (C=O) groups excluding carboxylic acids is 1. The van der Waals surface area contributed by atoms with Crippen LogP contribution in [0.1, 0.15) is 6.92 Å². The average molecular weight is 149 g/mol. The molecule has 0 bridgehead atoms. The van der Waals surface area contributed by atoms with Crippen LogP contribution >= 0.6 is 0 Å². The summed E-state index contributed by atoms with van der Waals surface area (Å²) in [6, 6.07) is 0. The van der Waals surface area contributed by atoms with E-state index < -0.39 is 0 Å². The van der Waals surface area contributed by atoms with Crippen molar-refractivity contribution in [3.8, 4) is 0 Å². The van der Waals surface area contributed by atoms with Crippen LogP contribution < -0.4 is 0 Å². The molecular formula is C9H11NO. The number of hydrogen-bond donors (Lipinski definition) is 0. The topological polar surface area (TPSA) is 29.4 Å². The maximum Gasteiger partial charge on any atom is 0.178 e. The Hall–Kier alpha value is -1.44. The molecule has 0 aliphatic heterocycles. The van der Waals surface area contributed by atoms with Gasteiger partial charge in [0.15, 0.2) is 5.78 Å². The molecule has 0 aliphatic rings. The third-order valence-electron chi connectivity index (χ3n) is 0.981. The molecule has 2 nitrogen and oxygen atoms in total. The Balaban J connectivity index is 4.47. The summed E-state index contributed by atoms with van der Waals surface area (Å²) in [4.78, 5) is 14.5. The van der Waals surface area contributed by atoms with Crippen LogP contribution in [0.15, 0.2) is 42.6 Å². The highest BCUT2D eigenvalue weighted by Crippen LogP contribution is 1.86. The number of ketones is 1. The van der Waals surface area contributed by atoms with Gasteiger partial charge in [0.1, 0.15) is 5.71 Å². The summed E-state index contributed by atoms with van der Waals surface area (Å²) in [6.45, 7) is 8.32. The Kier molecular flexibility index (Phi) is 4.65. The first kappa shape index (κ1) is 9.56. The highest BCUT2D eigenvalue weighted by molar-refractivity contribution is 6.43. The van der Waals surface area contributed by atoms with E-state index in [4.69, 9.17) is 0 Å². The molecule has 0 saturated heterocycles. The van der Waals surface area contributed by atoms with Gasteiger partial charge in [-0.25, -0.2) is 0 Å². The van der Waals surface area contributed by atoms with Crippen molar-refractivity contribution in [3.63, 3.8) is 0 Å². The van der Waals surface area contributed by atoms with Crippen LogP contribution in [0.5, 0.6) is 0 Å². The minimum absolute atomic E-state index is 0.0806. The Morgan fingerprint density at radius 3 is 2.45 bits per heavy atom. The molecule has 0 unspecified atom stereocenters. The van der Waals surface area contributed by atoms with E-state index in [1.807, 2.05) is 0 Å². The molecule has 11 heavy (non-hydrogen) atoms. The van der Waals surface area contributed by atoms with Gasteiger partial charge in [-0.2, -0.15) is 0 Å². The molecule has 0 amide bonds. The summed E-state index contributed by atoms with van der Waals surface area (Å²) in [6.07, 6.45) is 6.17. The van der Waals surface area contributed by atoms with E-state index in [9.17, 15) is 4.79 Å². The molecule has 0 saturated carbocycles. The van der Waals surface area contributed by atoms with Gasteiger partial charge >= 0.3 is 0 Å². The molecule has 0 aliphatic carbocycles. The number of hydrogen-bond acceptors (Lipinski definition) is 2. The zero-order valence-corrected chi connectivity index (χ0v) is 6.58. The van der Waals surface area contributed by atoms with Gasteiger partial charge in [0.2, 0.25) is 0 Å². The van der Waals surface area contributed by atoms with Gasteiger partial charge in [-0.1, -0.05) is 25.3 Å². The van der Waals surface area contributed by atoms with Gasteiger partial charge in [0, 0.05) is 13.1 Å². The molecule has 0 aromatic rings. The first-order valence-corrected chi connectivity index (χ1v) is 3.21. The smallest absolute Gasteiger partial charge is 0.178 e. The van der Waals surface area contributed by atoms with Crippen LogP contribution in [0.3, 0.4) is 0 Å². The molecule has 58 valence electrons. The van der Waals surface area contributed by atoms with Crippen molar-refractivity contribution in [2.75, 3.05) is 0 Å². The monoisotopic (exact) mass is 149 g/mol. The SMILES string of the molecule is C=C/C=C\C(=NC=C)C(C)=O. The van der Waals surface area contributed by atoms with E-state index in [1.165, 1.54) is 13.1 Å². The molecule has 0 heterocycles. The lowest BCUT2D eigenvalue weighted by molar-refractivity contribution is -0.111. The molecule has 0 rings (SSSR count). The number of carbonyl (C=O) groups is 1. The zero-order chi connectivity index (χ0) is 8.69. The number of allylic oxidation sites excluding steroid dienone is 3. The molecule has 0 N–H and O–H groups in total. The quantitative estimate of drug-likeness (QED) is 0.443. The lowest BCUT2D eigenvalue weighted by Crippen LogP contribution is -2.05.